The number of carbonyl (C=O) groups excluding carboxylic acids is 1. The van der Waals surface area contributed by atoms with Gasteiger partial charge in [-0.05, 0) is 67.6 Å². The van der Waals surface area contributed by atoms with Crippen molar-refractivity contribution in [3.63, 3.8) is 0 Å². The minimum absolute atomic E-state index is 0.415. The van der Waals surface area contributed by atoms with Crippen molar-refractivity contribution in [2.75, 3.05) is 0 Å². The molecule has 0 radical (unpaired) electrons. The molecule has 114 valence electrons. The van der Waals surface area contributed by atoms with Gasteiger partial charge in [-0.3, -0.25) is 4.79 Å². The molecule has 0 heterocycles. The first-order chi connectivity index (χ1) is 10.0. The molecule has 0 unspecified atom stereocenters. The van der Waals surface area contributed by atoms with E-state index in [1.807, 2.05) is 0 Å². The molecule has 1 nitrogen and oxygen atoms in total. The van der Waals surface area contributed by atoms with Crippen LogP contribution in [0, 0.1) is 29.1 Å². The molecule has 2 saturated carbocycles. The summed E-state index contributed by atoms with van der Waals surface area (Å²) in [7, 11) is 0. The van der Waals surface area contributed by atoms with Crippen LogP contribution in [0.3, 0.4) is 0 Å². The summed E-state index contributed by atoms with van der Waals surface area (Å²) in [6.45, 7) is 9.35. The molecule has 1 heteroatoms. The third kappa shape index (κ3) is 1.85. The summed E-state index contributed by atoms with van der Waals surface area (Å²) in [5, 5.41) is 0. The minimum Gasteiger partial charge on any atom is -0.299 e. The first kappa shape index (κ1) is 13.8. The van der Waals surface area contributed by atoms with Crippen LogP contribution in [0.4, 0.5) is 0 Å². The second kappa shape index (κ2) is 4.57. The summed E-state index contributed by atoms with van der Waals surface area (Å²) in [5.41, 5.74) is 5.20. The van der Waals surface area contributed by atoms with E-state index in [0.717, 1.165) is 42.9 Å². The standard InChI is InChI=1S/C20H28O/c1-12-10-14-11-15(21)5-6-16(14)17-8-9-20(3)13(2)4-7-18(20)19(12)17/h12,17-19H,2,4-11H2,1,3H3/t12-,17-,18+,19-,20-/m1/s1. The quantitative estimate of drug-likeness (QED) is 0.567. The van der Waals surface area contributed by atoms with Crippen LogP contribution in [-0.4, -0.2) is 5.78 Å². The zero-order valence-corrected chi connectivity index (χ0v) is 13.6. The number of ketones is 1. The van der Waals surface area contributed by atoms with Gasteiger partial charge in [0.2, 0.25) is 0 Å². The zero-order valence-electron chi connectivity index (χ0n) is 13.6. The summed E-state index contributed by atoms with van der Waals surface area (Å²) in [6, 6.07) is 0. The topological polar surface area (TPSA) is 17.1 Å². The maximum absolute atomic E-state index is 11.8. The molecule has 5 atom stereocenters. The monoisotopic (exact) mass is 284 g/mol. The first-order valence-electron chi connectivity index (χ1n) is 8.91. The fourth-order valence-electron chi connectivity index (χ4n) is 6.37. The molecule has 0 N–H and O–H groups in total. The molecule has 0 amide bonds. The summed E-state index contributed by atoms with van der Waals surface area (Å²) >= 11 is 0. The second-order valence-corrected chi connectivity index (χ2v) is 8.41. The number of hydrogen-bond donors (Lipinski definition) is 0. The van der Waals surface area contributed by atoms with Crippen LogP contribution in [0.5, 0.6) is 0 Å². The molecule has 0 saturated heterocycles. The number of fused-ring (bicyclic) bond motifs is 4. The van der Waals surface area contributed by atoms with Crippen molar-refractivity contribution in [2.45, 2.75) is 65.2 Å². The number of allylic oxidation sites excluding steroid dienone is 3. The lowest BCUT2D eigenvalue weighted by atomic mass is 9.51. The molecular formula is C20H28O. The predicted octanol–water partition coefficient (Wildman–Crippen LogP) is 5.07. The molecule has 0 bridgehead atoms. The van der Waals surface area contributed by atoms with Crippen LogP contribution in [0.1, 0.15) is 65.2 Å². The molecule has 4 aliphatic carbocycles. The molecular weight excluding hydrogens is 256 g/mol. The van der Waals surface area contributed by atoms with Crippen molar-refractivity contribution < 1.29 is 4.79 Å². The highest BCUT2D eigenvalue weighted by Crippen LogP contribution is 2.63. The Balaban J connectivity index is 1.72. The van der Waals surface area contributed by atoms with E-state index < -0.39 is 0 Å². The first-order valence-corrected chi connectivity index (χ1v) is 8.91. The molecule has 0 spiro atoms. The van der Waals surface area contributed by atoms with Crippen LogP contribution in [-0.2, 0) is 4.79 Å². The Kier molecular flexibility index (Phi) is 3.00. The highest BCUT2D eigenvalue weighted by Gasteiger charge is 2.54. The van der Waals surface area contributed by atoms with E-state index in [4.69, 9.17) is 0 Å². The van der Waals surface area contributed by atoms with Crippen LogP contribution in [0.2, 0.25) is 0 Å². The maximum atomic E-state index is 11.8. The van der Waals surface area contributed by atoms with Gasteiger partial charge in [-0.25, -0.2) is 0 Å². The summed E-state index contributed by atoms with van der Waals surface area (Å²) in [6.07, 6.45) is 9.14. The molecule has 0 aliphatic heterocycles. The molecule has 0 aromatic carbocycles. The Hall–Kier alpha value is -0.850. The Morgan fingerprint density at radius 3 is 2.81 bits per heavy atom. The number of rotatable bonds is 0. The lowest BCUT2D eigenvalue weighted by Gasteiger charge is -2.53. The lowest BCUT2D eigenvalue weighted by molar-refractivity contribution is -0.119. The molecule has 2 fully saturated rings. The smallest absolute Gasteiger partial charge is 0.137 e. The molecule has 21 heavy (non-hydrogen) atoms. The Bertz CT molecular complexity index is 540. The second-order valence-electron chi connectivity index (χ2n) is 8.41. The lowest BCUT2D eigenvalue weighted by Crippen LogP contribution is -2.45. The highest BCUT2D eigenvalue weighted by atomic mass is 16.1. The fraction of sp³-hybridized carbons (Fsp3) is 0.750. The van der Waals surface area contributed by atoms with Gasteiger partial charge in [0.15, 0.2) is 0 Å². The normalized spacial score (nSPS) is 46.2. The van der Waals surface area contributed by atoms with E-state index in [1.165, 1.54) is 37.7 Å². The van der Waals surface area contributed by atoms with Gasteiger partial charge in [0.05, 0.1) is 0 Å². The van der Waals surface area contributed by atoms with Crippen molar-refractivity contribution in [1.29, 1.82) is 0 Å². The van der Waals surface area contributed by atoms with Gasteiger partial charge in [0.25, 0.3) is 0 Å². The Morgan fingerprint density at radius 1 is 1.19 bits per heavy atom. The highest BCUT2D eigenvalue weighted by molar-refractivity contribution is 5.82. The van der Waals surface area contributed by atoms with Crippen molar-refractivity contribution in [1.82, 2.24) is 0 Å². The van der Waals surface area contributed by atoms with E-state index >= 15 is 0 Å². The Morgan fingerprint density at radius 2 is 2.00 bits per heavy atom. The van der Waals surface area contributed by atoms with Gasteiger partial charge >= 0.3 is 0 Å². The van der Waals surface area contributed by atoms with Crippen LogP contribution in [0.15, 0.2) is 23.3 Å². The van der Waals surface area contributed by atoms with Gasteiger partial charge in [0, 0.05) is 12.8 Å². The largest absolute Gasteiger partial charge is 0.299 e. The zero-order chi connectivity index (χ0) is 14.8. The molecule has 4 rings (SSSR count). The van der Waals surface area contributed by atoms with Crippen molar-refractivity contribution in [2.24, 2.45) is 29.1 Å². The van der Waals surface area contributed by atoms with Crippen LogP contribution < -0.4 is 0 Å². The van der Waals surface area contributed by atoms with Crippen LogP contribution >= 0.6 is 0 Å². The van der Waals surface area contributed by atoms with E-state index in [9.17, 15) is 4.79 Å². The summed E-state index contributed by atoms with van der Waals surface area (Å²) in [4.78, 5) is 11.8. The minimum atomic E-state index is 0.415. The van der Waals surface area contributed by atoms with Gasteiger partial charge in [-0.15, -0.1) is 0 Å². The molecule has 0 aromatic rings. The van der Waals surface area contributed by atoms with Gasteiger partial charge in [0.1, 0.15) is 5.78 Å². The summed E-state index contributed by atoms with van der Waals surface area (Å²) in [5.74, 6) is 3.74. The van der Waals surface area contributed by atoms with E-state index in [-0.39, 0.29) is 0 Å². The van der Waals surface area contributed by atoms with Gasteiger partial charge in [-0.1, -0.05) is 37.1 Å². The average Bonchev–Trinajstić information content (AvgIpc) is 2.74. The van der Waals surface area contributed by atoms with Crippen LogP contribution in [0.25, 0.3) is 0 Å². The SMILES string of the molecule is C=C1CC[C@H]2[C@@H]3[C@H](C)CC4=C(CCC(=O)C4)[C@H]3CC[C@]12C. The van der Waals surface area contributed by atoms with Gasteiger partial charge < -0.3 is 0 Å². The van der Waals surface area contributed by atoms with Crippen molar-refractivity contribution >= 4 is 5.78 Å². The Labute approximate surface area is 128 Å². The van der Waals surface area contributed by atoms with Crippen molar-refractivity contribution in [3.8, 4) is 0 Å². The van der Waals surface area contributed by atoms with Gasteiger partial charge in [-0.2, -0.15) is 0 Å². The third-order valence-corrected chi connectivity index (χ3v) is 7.50. The fourth-order valence-corrected chi connectivity index (χ4v) is 6.37. The average molecular weight is 284 g/mol. The van der Waals surface area contributed by atoms with E-state index in [0.29, 0.717) is 11.2 Å². The molecule has 4 aliphatic rings. The predicted molar refractivity (Wildman–Crippen MR) is 85.9 cm³/mol. The van der Waals surface area contributed by atoms with Crippen molar-refractivity contribution in [3.05, 3.63) is 23.3 Å². The summed E-state index contributed by atoms with van der Waals surface area (Å²) < 4.78 is 0. The number of carbonyl (C=O) groups is 1. The van der Waals surface area contributed by atoms with E-state index in [1.54, 1.807) is 11.1 Å². The number of Topliss-reactive ketones (excluding diaryl/α,β-unsaturated/α-hetero) is 1. The molecule has 0 aromatic heterocycles. The maximum Gasteiger partial charge on any atom is 0.137 e. The van der Waals surface area contributed by atoms with E-state index in [2.05, 4.69) is 20.4 Å². The number of hydrogen-bond acceptors (Lipinski definition) is 1. The third-order valence-electron chi connectivity index (χ3n) is 7.50.